The number of rotatable bonds is 11. The molecule has 11 nitrogen and oxygen atoms in total. The van der Waals surface area contributed by atoms with Gasteiger partial charge in [0.2, 0.25) is 0 Å². The monoisotopic (exact) mass is 754 g/mol. The SMILES string of the molecule is COc1ccc(S(=O)(=O)Nc2ccc(Oc3ccc4cc(C#N)ccc4c3)c(-c3ccc(OCC(C)C)cc3C(=O)O)c2)cc1F.O=C(O)C(F)(F)F. The Labute approximate surface area is 300 Å². The quantitative estimate of drug-likeness (QED) is 0.111. The number of fused-ring (bicyclic) bond motifs is 1. The van der Waals surface area contributed by atoms with Gasteiger partial charge in [-0.1, -0.05) is 26.0 Å². The highest BCUT2D eigenvalue weighted by molar-refractivity contribution is 7.92. The Morgan fingerprint density at radius 1 is 0.849 bits per heavy atom. The van der Waals surface area contributed by atoms with Crippen LogP contribution in [0.4, 0.5) is 23.2 Å². The number of carbonyl (C=O) groups is 2. The molecule has 3 N–H and O–H groups in total. The van der Waals surface area contributed by atoms with E-state index in [1.165, 1.54) is 43.5 Å². The summed E-state index contributed by atoms with van der Waals surface area (Å²) in [6.45, 7) is 4.32. The molecule has 0 aliphatic heterocycles. The molecule has 0 aromatic heterocycles. The maximum atomic E-state index is 14.3. The first-order valence-electron chi connectivity index (χ1n) is 15.3. The van der Waals surface area contributed by atoms with Crippen LogP contribution in [0.3, 0.4) is 0 Å². The van der Waals surface area contributed by atoms with Gasteiger partial charge < -0.3 is 24.4 Å². The number of carboxylic acid groups (broad SMARTS) is 2. The topological polar surface area (TPSA) is 172 Å². The summed E-state index contributed by atoms with van der Waals surface area (Å²) in [7, 11) is -2.99. The van der Waals surface area contributed by atoms with Crippen LogP contribution in [0, 0.1) is 23.1 Å². The highest BCUT2D eigenvalue weighted by atomic mass is 32.2. The van der Waals surface area contributed by atoms with E-state index < -0.39 is 34.0 Å². The summed E-state index contributed by atoms with van der Waals surface area (Å²) >= 11 is 0. The minimum atomic E-state index is -5.08. The molecule has 5 aromatic carbocycles. The fraction of sp³-hybridized carbons (Fsp3) is 0.162. The normalized spacial score (nSPS) is 11.2. The van der Waals surface area contributed by atoms with E-state index in [4.69, 9.17) is 24.1 Å². The number of alkyl halides is 3. The summed E-state index contributed by atoms with van der Waals surface area (Å²) < 4.78 is 91.8. The van der Waals surface area contributed by atoms with Crippen LogP contribution in [-0.4, -0.2) is 50.5 Å². The minimum Gasteiger partial charge on any atom is -0.494 e. The Hall–Kier alpha value is -6.34. The lowest BCUT2D eigenvalue weighted by molar-refractivity contribution is -0.192. The van der Waals surface area contributed by atoms with Crippen LogP contribution in [0.15, 0.2) is 95.9 Å². The fourth-order valence-corrected chi connectivity index (χ4v) is 5.75. The Bertz CT molecular complexity index is 2320. The van der Waals surface area contributed by atoms with Crippen LogP contribution in [0.1, 0.15) is 29.8 Å². The van der Waals surface area contributed by atoms with Gasteiger partial charge in [0, 0.05) is 16.8 Å². The molecule has 0 bridgehead atoms. The van der Waals surface area contributed by atoms with E-state index in [2.05, 4.69) is 10.8 Å². The zero-order valence-electron chi connectivity index (χ0n) is 28.1. The second-order valence-corrected chi connectivity index (χ2v) is 13.3. The van der Waals surface area contributed by atoms with Crippen molar-refractivity contribution in [2.75, 3.05) is 18.4 Å². The van der Waals surface area contributed by atoms with Crippen LogP contribution >= 0.6 is 0 Å². The Balaban J connectivity index is 0.000000815. The molecule has 0 aliphatic rings. The van der Waals surface area contributed by atoms with E-state index in [-0.39, 0.29) is 44.7 Å². The van der Waals surface area contributed by atoms with Crippen molar-refractivity contribution in [2.45, 2.75) is 24.9 Å². The molecule has 0 fully saturated rings. The average Bonchev–Trinajstić information content (AvgIpc) is 3.10. The Morgan fingerprint density at radius 2 is 1.49 bits per heavy atom. The van der Waals surface area contributed by atoms with Gasteiger partial charge in [-0.3, -0.25) is 4.72 Å². The Morgan fingerprint density at radius 3 is 2.09 bits per heavy atom. The number of sulfonamides is 1. The number of hydrogen-bond acceptors (Lipinski definition) is 8. The number of ether oxygens (including phenoxy) is 3. The summed E-state index contributed by atoms with van der Waals surface area (Å²) in [5, 5.41) is 28.2. The number of nitrogens with one attached hydrogen (secondary N) is 1. The Kier molecular flexibility index (Phi) is 12.2. The van der Waals surface area contributed by atoms with Crippen molar-refractivity contribution in [1.29, 1.82) is 5.26 Å². The number of methoxy groups -OCH3 is 1. The highest BCUT2D eigenvalue weighted by Crippen LogP contribution is 2.40. The molecule has 0 radical (unpaired) electrons. The van der Waals surface area contributed by atoms with Crippen LogP contribution in [0.2, 0.25) is 0 Å². The van der Waals surface area contributed by atoms with E-state index in [1.807, 2.05) is 13.8 Å². The van der Waals surface area contributed by atoms with Crippen molar-refractivity contribution >= 4 is 38.4 Å². The van der Waals surface area contributed by atoms with Crippen molar-refractivity contribution in [1.82, 2.24) is 0 Å². The van der Waals surface area contributed by atoms with Crippen molar-refractivity contribution in [3.8, 4) is 40.2 Å². The molecule has 0 unspecified atom stereocenters. The minimum absolute atomic E-state index is 0.0811. The summed E-state index contributed by atoms with van der Waals surface area (Å²) in [5.41, 5.74) is 1.02. The molecule has 0 saturated carbocycles. The van der Waals surface area contributed by atoms with Gasteiger partial charge in [-0.05, 0) is 95.6 Å². The van der Waals surface area contributed by atoms with E-state index >= 15 is 0 Å². The molecule has 5 rings (SSSR count). The molecule has 0 heterocycles. The number of benzene rings is 5. The van der Waals surface area contributed by atoms with Gasteiger partial charge in [0.05, 0.1) is 35.8 Å². The summed E-state index contributed by atoms with van der Waals surface area (Å²) in [4.78, 5) is 21.0. The maximum Gasteiger partial charge on any atom is 0.490 e. The molecular weight excluding hydrogens is 724 g/mol. The van der Waals surface area contributed by atoms with Gasteiger partial charge in [0.1, 0.15) is 17.2 Å². The second-order valence-electron chi connectivity index (χ2n) is 11.6. The van der Waals surface area contributed by atoms with Crippen molar-refractivity contribution in [3.05, 3.63) is 108 Å². The fourth-order valence-electron chi connectivity index (χ4n) is 4.69. The van der Waals surface area contributed by atoms with Gasteiger partial charge >= 0.3 is 18.1 Å². The largest absolute Gasteiger partial charge is 0.494 e. The number of nitrogens with zero attached hydrogens (tertiary/aromatic N) is 1. The first-order chi connectivity index (χ1) is 24.9. The molecule has 0 saturated heterocycles. The van der Waals surface area contributed by atoms with E-state index in [1.54, 1.807) is 48.5 Å². The first-order valence-corrected chi connectivity index (χ1v) is 16.8. The summed E-state index contributed by atoms with van der Waals surface area (Å²) in [6, 6.07) is 24.9. The van der Waals surface area contributed by atoms with Gasteiger partial charge in [-0.2, -0.15) is 18.4 Å². The summed E-state index contributed by atoms with van der Waals surface area (Å²) in [5.74, 6) is -3.70. The highest BCUT2D eigenvalue weighted by Gasteiger charge is 2.38. The maximum absolute atomic E-state index is 14.3. The number of hydrogen-bond donors (Lipinski definition) is 3. The van der Waals surface area contributed by atoms with E-state index in [0.29, 0.717) is 23.7 Å². The molecule has 0 amide bonds. The lowest BCUT2D eigenvalue weighted by atomic mass is 9.98. The van der Waals surface area contributed by atoms with Crippen LogP contribution < -0.4 is 18.9 Å². The molecule has 5 aromatic rings. The van der Waals surface area contributed by atoms with Crippen molar-refractivity contribution < 1.29 is 60.0 Å². The lowest BCUT2D eigenvalue weighted by Gasteiger charge is -2.17. The zero-order valence-corrected chi connectivity index (χ0v) is 28.9. The first kappa shape index (κ1) is 39.4. The predicted octanol–water partition coefficient (Wildman–Crippen LogP) is 8.49. The van der Waals surface area contributed by atoms with Crippen LogP contribution in [-0.2, 0) is 14.8 Å². The number of aromatic carboxylic acids is 1. The molecule has 16 heteroatoms. The molecule has 53 heavy (non-hydrogen) atoms. The van der Waals surface area contributed by atoms with Gasteiger partial charge in [0.15, 0.2) is 11.6 Å². The molecule has 0 spiro atoms. The third-order valence-corrected chi connectivity index (χ3v) is 8.55. The third-order valence-electron chi connectivity index (χ3n) is 7.17. The van der Waals surface area contributed by atoms with Crippen molar-refractivity contribution in [3.63, 3.8) is 0 Å². The number of carboxylic acids is 2. The van der Waals surface area contributed by atoms with E-state index in [0.717, 1.165) is 16.8 Å². The number of anilines is 1. The number of halogens is 4. The van der Waals surface area contributed by atoms with Gasteiger partial charge in [-0.15, -0.1) is 0 Å². The van der Waals surface area contributed by atoms with Gasteiger partial charge in [-0.25, -0.2) is 22.4 Å². The van der Waals surface area contributed by atoms with Crippen molar-refractivity contribution in [2.24, 2.45) is 5.92 Å². The van der Waals surface area contributed by atoms with Gasteiger partial charge in [0.25, 0.3) is 10.0 Å². The van der Waals surface area contributed by atoms with Crippen LogP contribution in [0.25, 0.3) is 21.9 Å². The summed E-state index contributed by atoms with van der Waals surface area (Å²) in [6.07, 6.45) is -5.08. The third kappa shape index (κ3) is 10.1. The van der Waals surface area contributed by atoms with Crippen LogP contribution in [0.5, 0.6) is 23.0 Å². The number of aliphatic carboxylic acids is 1. The smallest absolute Gasteiger partial charge is 0.490 e. The standard InChI is InChI=1S/C35H29FN2O7S.C2HF3O2/c1-21(2)20-44-26-9-11-29(31(17-26)35(39)40)30-16-25(38-46(41,42)28-10-13-34(43-3)32(36)18-28)7-12-33(30)45-27-8-6-23-14-22(19-37)4-5-24(23)15-27;3-2(4,5)1(6)7/h4-18,21,38H,20H2,1-3H3,(H,39,40);(H,6,7). The molecular formula is C37H30F4N2O9S. The molecule has 0 atom stereocenters. The van der Waals surface area contributed by atoms with E-state index in [9.17, 15) is 41.1 Å². The average molecular weight is 755 g/mol. The number of nitriles is 1. The second kappa shape index (κ2) is 16.3. The lowest BCUT2D eigenvalue weighted by Crippen LogP contribution is -2.21. The molecule has 276 valence electrons. The predicted molar refractivity (Wildman–Crippen MR) is 185 cm³/mol. The molecule has 0 aliphatic carbocycles. The zero-order chi connectivity index (χ0) is 39.1.